The van der Waals surface area contributed by atoms with Crippen molar-refractivity contribution in [3.63, 3.8) is 0 Å². The van der Waals surface area contributed by atoms with Gasteiger partial charge in [-0.25, -0.2) is 9.97 Å². The van der Waals surface area contributed by atoms with Gasteiger partial charge in [-0.1, -0.05) is 18.2 Å². The minimum atomic E-state index is -1.13. The molecule has 27 heavy (non-hydrogen) atoms. The molecule has 0 bridgehead atoms. The number of rotatable bonds is 4. The number of para-hydroxylation sites is 1. The third-order valence-corrected chi connectivity index (χ3v) is 4.92. The molecule has 1 aliphatic heterocycles. The first kappa shape index (κ1) is 18.8. The maximum absolute atomic E-state index is 13.1. The zero-order valence-corrected chi connectivity index (χ0v) is 16.0. The lowest BCUT2D eigenvalue weighted by Gasteiger charge is -2.39. The number of amides is 2. The van der Waals surface area contributed by atoms with Crippen molar-refractivity contribution >= 4 is 23.5 Å². The molecule has 0 unspecified atom stereocenters. The van der Waals surface area contributed by atoms with Crippen LogP contribution in [-0.4, -0.2) is 59.9 Å². The molecule has 1 fully saturated rings. The van der Waals surface area contributed by atoms with Crippen LogP contribution < -0.4 is 9.80 Å². The summed E-state index contributed by atoms with van der Waals surface area (Å²) in [5.41, 5.74) is -0.356. The van der Waals surface area contributed by atoms with E-state index in [-0.39, 0.29) is 11.8 Å². The largest absolute Gasteiger partial charge is 0.338 e. The predicted octanol–water partition coefficient (Wildman–Crippen LogP) is 1.81. The van der Waals surface area contributed by atoms with Crippen LogP contribution >= 0.6 is 0 Å². The van der Waals surface area contributed by atoms with Crippen LogP contribution in [0.3, 0.4) is 0 Å². The smallest absolute Gasteiger partial charge is 0.241 e. The molecule has 7 nitrogen and oxygen atoms in total. The summed E-state index contributed by atoms with van der Waals surface area (Å²) in [6, 6.07) is 11.1. The summed E-state index contributed by atoms with van der Waals surface area (Å²) in [6.45, 7) is 5.78. The summed E-state index contributed by atoms with van der Waals surface area (Å²) in [7, 11) is 1.71. The van der Waals surface area contributed by atoms with Crippen molar-refractivity contribution in [2.45, 2.75) is 13.8 Å². The van der Waals surface area contributed by atoms with E-state index in [0.29, 0.717) is 32.1 Å². The van der Waals surface area contributed by atoms with Gasteiger partial charge in [-0.05, 0) is 32.0 Å². The second-order valence-electron chi connectivity index (χ2n) is 7.15. The SMILES string of the molecule is CN(C(=O)C(C)(C)C(=O)N1CCN(c2ncccn2)CC1)c1ccccc1. The van der Waals surface area contributed by atoms with E-state index in [0.717, 1.165) is 5.69 Å². The molecule has 2 aromatic rings. The first-order chi connectivity index (χ1) is 12.9. The lowest BCUT2D eigenvalue weighted by atomic mass is 9.89. The van der Waals surface area contributed by atoms with Crippen LogP contribution in [0.5, 0.6) is 0 Å². The van der Waals surface area contributed by atoms with E-state index >= 15 is 0 Å². The van der Waals surface area contributed by atoms with E-state index in [1.807, 2.05) is 30.3 Å². The third-order valence-electron chi connectivity index (χ3n) is 4.92. The second-order valence-corrected chi connectivity index (χ2v) is 7.15. The highest BCUT2D eigenvalue weighted by Crippen LogP contribution is 2.26. The minimum absolute atomic E-state index is 0.149. The normalized spacial score (nSPS) is 14.8. The standard InChI is InChI=1S/C20H25N5O2/c1-20(2,17(26)23(3)16-8-5-4-6-9-16)18(27)24-12-14-25(15-13-24)19-21-10-7-11-22-19/h4-11H,12-15H2,1-3H3. The highest BCUT2D eigenvalue weighted by Gasteiger charge is 2.42. The van der Waals surface area contributed by atoms with E-state index in [2.05, 4.69) is 14.9 Å². The van der Waals surface area contributed by atoms with Gasteiger partial charge in [0.2, 0.25) is 17.8 Å². The van der Waals surface area contributed by atoms with Gasteiger partial charge in [0.25, 0.3) is 0 Å². The molecule has 142 valence electrons. The third kappa shape index (κ3) is 3.92. The van der Waals surface area contributed by atoms with Gasteiger partial charge in [-0.2, -0.15) is 0 Å². The highest BCUT2D eigenvalue weighted by atomic mass is 16.2. The fourth-order valence-electron chi connectivity index (χ4n) is 3.24. The maximum atomic E-state index is 13.1. The monoisotopic (exact) mass is 367 g/mol. The molecule has 0 spiro atoms. The van der Waals surface area contributed by atoms with Crippen molar-refractivity contribution in [3.8, 4) is 0 Å². The van der Waals surface area contributed by atoms with E-state index in [4.69, 9.17) is 0 Å². The molecular formula is C20H25N5O2. The molecule has 1 saturated heterocycles. The molecule has 1 aliphatic rings. The molecule has 0 aliphatic carbocycles. The van der Waals surface area contributed by atoms with Crippen molar-refractivity contribution in [3.05, 3.63) is 48.8 Å². The molecule has 0 N–H and O–H groups in total. The van der Waals surface area contributed by atoms with Gasteiger partial charge < -0.3 is 14.7 Å². The quantitative estimate of drug-likeness (QED) is 0.771. The number of nitrogens with zero attached hydrogens (tertiary/aromatic N) is 5. The Morgan fingerprint density at radius 1 is 0.963 bits per heavy atom. The Morgan fingerprint density at radius 3 is 2.15 bits per heavy atom. The average Bonchev–Trinajstić information content (AvgIpc) is 2.73. The molecule has 3 rings (SSSR count). The van der Waals surface area contributed by atoms with Crippen LogP contribution in [0.25, 0.3) is 0 Å². The summed E-state index contributed by atoms with van der Waals surface area (Å²) in [6.07, 6.45) is 3.42. The number of carbonyl (C=O) groups is 2. The van der Waals surface area contributed by atoms with Crippen LogP contribution in [0, 0.1) is 5.41 Å². The van der Waals surface area contributed by atoms with Gasteiger partial charge in [0.05, 0.1) is 0 Å². The Balaban J connectivity index is 1.65. The van der Waals surface area contributed by atoms with Crippen LogP contribution in [0.2, 0.25) is 0 Å². The van der Waals surface area contributed by atoms with Crippen molar-refractivity contribution < 1.29 is 9.59 Å². The Bertz CT molecular complexity index is 787. The minimum Gasteiger partial charge on any atom is -0.338 e. The van der Waals surface area contributed by atoms with Gasteiger partial charge in [0, 0.05) is 51.3 Å². The number of hydrogen-bond acceptors (Lipinski definition) is 5. The van der Waals surface area contributed by atoms with Crippen molar-refractivity contribution in [1.29, 1.82) is 0 Å². The van der Waals surface area contributed by atoms with Gasteiger partial charge in [0.1, 0.15) is 5.41 Å². The lowest BCUT2D eigenvalue weighted by Crippen LogP contribution is -2.56. The number of hydrogen-bond donors (Lipinski definition) is 0. The zero-order valence-electron chi connectivity index (χ0n) is 16.0. The van der Waals surface area contributed by atoms with Crippen LogP contribution in [0.1, 0.15) is 13.8 Å². The summed E-state index contributed by atoms with van der Waals surface area (Å²) in [5, 5.41) is 0. The van der Waals surface area contributed by atoms with Gasteiger partial charge in [0.15, 0.2) is 0 Å². The van der Waals surface area contributed by atoms with Gasteiger partial charge >= 0.3 is 0 Å². The Morgan fingerprint density at radius 2 is 1.56 bits per heavy atom. The molecule has 0 saturated carbocycles. The lowest BCUT2D eigenvalue weighted by molar-refractivity contribution is -0.147. The highest BCUT2D eigenvalue weighted by molar-refractivity contribution is 6.10. The summed E-state index contributed by atoms with van der Waals surface area (Å²) < 4.78 is 0. The number of benzene rings is 1. The Labute approximate surface area is 159 Å². The fourth-order valence-corrected chi connectivity index (χ4v) is 3.24. The molecule has 0 atom stereocenters. The topological polar surface area (TPSA) is 69.6 Å². The molecule has 2 heterocycles. The van der Waals surface area contributed by atoms with Crippen LogP contribution in [0.15, 0.2) is 48.8 Å². The number of piperazine rings is 1. The molecule has 2 amide bonds. The maximum Gasteiger partial charge on any atom is 0.241 e. The van der Waals surface area contributed by atoms with Gasteiger partial charge in [-0.3, -0.25) is 9.59 Å². The van der Waals surface area contributed by atoms with E-state index in [1.165, 1.54) is 0 Å². The van der Waals surface area contributed by atoms with Crippen LogP contribution in [-0.2, 0) is 9.59 Å². The van der Waals surface area contributed by atoms with Crippen molar-refractivity contribution in [2.24, 2.45) is 5.41 Å². The second kappa shape index (κ2) is 7.73. The summed E-state index contributed by atoms with van der Waals surface area (Å²) >= 11 is 0. The Kier molecular flexibility index (Phi) is 5.39. The predicted molar refractivity (Wildman–Crippen MR) is 104 cm³/mol. The number of aromatic nitrogens is 2. The molecular weight excluding hydrogens is 342 g/mol. The molecule has 1 aromatic carbocycles. The average molecular weight is 367 g/mol. The summed E-state index contributed by atoms with van der Waals surface area (Å²) in [5.74, 6) is 0.306. The van der Waals surface area contributed by atoms with Crippen molar-refractivity contribution in [1.82, 2.24) is 14.9 Å². The molecule has 1 aromatic heterocycles. The van der Waals surface area contributed by atoms with E-state index in [9.17, 15) is 9.59 Å². The zero-order chi connectivity index (χ0) is 19.4. The number of carbonyl (C=O) groups excluding carboxylic acids is 2. The van der Waals surface area contributed by atoms with E-state index < -0.39 is 5.41 Å². The Hall–Kier alpha value is -2.96. The first-order valence-corrected chi connectivity index (χ1v) is 9.06. The fraction of sp³-hybridized carbons (Fsp3) is 0.400. The molecule has 0 radical (unpaired) electrons. The van der Waals surface area contributed by atoms with Gasteiger partial charge in [-0.15, -0.1) is 0 Å². The number of anilines is 2. The van der Waals surface area contributed by atoms with Crippen molar-refractivity contribution in [2.75, 3.05) is 43.0 Å². The summed E-state index contributed by atoms with van der Waals surface area (Å²) in [4.78, 5) is 39.9. The van der Waals surface area contributed by atoms with Crippen LogP contribution in [0.4, 0.5) is 11.6 Å². The first-order valence-electron chi connectivity index (χ1n) is 9.06. The van der Waals surface area contributed by atoms with E-state index in [1.54, 1.807) is 49.2 Å². The molecule has 7 heteroatoms.